The van der Waals surface area contributed by atoms with Crippen LogP contribution in [0.4, 0.5) is 0 Å². The maximum absolute atomic E-state index is 11.0. The normalized spacial score (nSPS) is 21.7. The van der Waals surface area contributed by atoms with Gasteiger partial charge in [0, 0.05) is 19.4 Å². The second-order valence-electron chi connectivity index (χ2n) is 7.65. The van der Waals surface area contributed by atoms with Crippen LogP contribution in [0.1, 0.15) is 46.0 Å². The number of benzene rings is 1. The highest BCUT2D eigenvalue weighted by Crippen LogP contribution is 2.36. The van der Waals surface area contributed by atoms with E-state index in [1.807, 2.05) is 69.8 Å². The maximum Gasteiger partial charge on any atom is 0.494 e. The molecule has 1 fully saturated rings. The molecule has 1 aromatic heterocycles. The lowest BCUT2D eigenvalue weighted by Crippen LogP contribution is -2.41. The van der Waals surface area contributed by atoms with Gasteiger partial charge >= 0.3 is 7.12 Å². The van der Waals surface area contributed by atoms with Gasteiger partial charge in [-0.15, -0.1) is 0 Å². The van der Waals surface area contributed by atoms with Crippen LogP contribution in [-0.4, -0.2) is 33.0 Å². The Balaban J connectivity index is 1.95. The Kier molecular flexibility index (Phi) is 3.90. The fourth-order valence-corrected chi connectivity index (χ4v) is 2.93. The third kappa shape index (κ3) is 2.68. The summed E-state index contributed by atoms with van der Waals surface area (Å²) < 4.78 is 14.0. The number of rotatable bonds is 3. The Morgan fingerprint density at radius 2 is 1.79 bits per heavy atom. The molecule has 1 saturated heterocycles. The molecule has 1 unspecified atom stereocenters. The average molecular weight is 328 g/mol. The maximum atomic E-state index is 11.0. The number of nitrogens with zero attached hydrogens (tertiary/aromatic N) is 2. The molecule has 1 aliphatic heterocycles. The SMILES string of the molecule is Cn1ccnc1C(C)(O)c1cccc(B2OC(C)(C)C(C)(C)O2)c1. The quantitative estimate of drug-likeness (QED) is 0.876. The predicted octanol–water partition coefficient (Wildman–Crippen LogP) is 1.98. The summed E-state index contributed by atoms with van der Waals surface area (Å²) in [5.74, 6) is 0.591. The zero-order chi connectivity index (χ0) is 17.8. The predicted molar refractivity (Wildman–Crippen MR) is 94.0 cm³/mol. The molecule has 0 saturated carbocycles. The highest BCUT2D eigenvalue weighted by molar-refractivity contribution is 6.62. The van der Waals surface area contributed by atoms with Crippen LogP contribution in [0.25, 0.3) is 0 Å². The second kappa shape index (κ2) is 5.44. The molecule has 2 aromatic rings. The van der Waals surface area contributed by atoms with Crippen LogP contribution >= 0.6 is 0 Å². The van der Waals surface area contributed by atoms with Crippen molar-refractivity contribution in [1.29, 1.82) is 0 Å². The minimum absolute atomic E-state index is 0.393. The molecule has 1 N–H and O–H groups in total. The van der Waals surface area contributed by atoms with Crippen LogP contribution in [0.5, 0.6) is 0 Å². The first-order chi connectivity index (χ1) is 11.0. The topological polar surface area (TPSA) is 56.5 Å². The van der Waals surface area contributed by atoms with E-state index in [4.69, 9.17) is 9.31 Å². The highest BCUT2D eigenvalue weighted by atomic mass is 16.7. The average Bonchev–Trinajstić information content (AvgIpc) is 3.01. The summed E-state index contributed by atoms with van der Waals surface area (Å²) in [5, 5.41) is 11.0. The zero-order valence-electron chi connectivity index (χ0n) is 15.2. The van der Waals surface area contributed by atoms with Gasteiger partial charge < -0.3 is 19.0 Å². The number of hydrogen-bond acceptors (Lipinski definition) is 4. The fraction of sp³-hybridized carbons (Fsp3) is 0.500. The summed E-state index contributed by atoms with van der Waals surface area (Å²) in [6.07, 6.45) is 3.50. The molecule has 0 aliphatic carbocycles. The second-order valence-corrected chi connectivity index (χ2v) is 7.65. The van der Waals surface area contributed by atoms with E-state index in [9.17, 15) is 5.11 Å². The van der Waals surface area contributed by atoms with E-state index >= 15 is 0 Å². The van der Waals surface area contributed by atoms with Crippen LogP contribution in [0.3, 0.4) is 0 Å². The van der Waals surface area contributed by atoms with Gasteiger partial charge in [0.2, 0.25) is 0 Å². The van der Waals surface area contributed by atoms with E-state index in [2.05, 4.69) is 4.98 Å². The lowest BCUT2D eigenvalue weighted by Gasteiger charge is -2.32. The number of aryl methyl sites for hydroxylation is 1. The van der Waals surface area contributed by atoms with Crippen molar-refractivity contribution in [2.24, 2.45) is 7.05 Å². The largest absolute Gasteiger partial charge is 0.494 e. The Bertz CT molecular complexity index is 736. The van der Waals surface area contributed by atoms with Gasteiger partial charge in [0.05, 0.1) is 11.2 Å². The van der Waals surface area contributed by atoms with E-state index in [1.165, 1.54) is 0 Å². The molecule has 1 aromatic carbocycles. The van der Waals surface area contributed by atoms with Gasteiger partial charge in [0.25, 0.3) is 0 Å². The van der Waals surface area contributed by atoms with Crippen LogP contribution < -0.4 is 5.46 Å². The zero-order valence-corrected chi connectivity index (χ0v) is 15.2. The van der Waals surface area contributed by atoms with E-state index < -0.39 is 23.9 Å². The van der Waals surface area contributed by atoms with E-state index in [0.717, 1.165) is 11.0 Å². The lowest BCUT2D eigenvalue weighted by molar-refractivity contribution is 0.00578. The molecule has 0 spiro atoms. The van der Waals surface area contributed by atoms with Crippen molar-refractivity contribution >= 4 is 12.6 Å². The molecule has 1 atom stereocenters. The molecule has 2 heterocycles. The first-order valence-electron chi connectivity index (χ1n) is 8.21. The third-order valence-electron chi connectivity index (χ3n) is 5.23. The van der Waals surface area contributed by atoms with E-state index in [0.29, 0.717) is 5.82 Å². The van der Waals surface area contributed by atoms with Gasteiger partial charge in [-0.3, -0.25) is 0 Å². The monoisotopic (exact) mass is 328 g/mol. The standard InChI is InChI=1S/C18H25BN2O3/c1-16(2)17(3,4)24-19(23-16)14-9-7-8-13(12-14)18(5,22)15-20-10-11-21(15)6/h7-12,22H,1-6H3. The minimum atomic E-state index is -1.20. The molecule has 3 rings (SSSR count). The van der Waals surface area contributed by atoms with Crippen molar-refractivity contribution in [2.75, 3.05) is 0 Å². The molecule has 0 bridgehead atoms. The molecule has 24 heavy (non-hydrogen) atoms. The molecule has 0 amide bonds. The number of imidazole rings is 1. The Morgan fingerprint density at radius 1 is 1.17 bits per heavy atom. The summed E-state index contributed by atoms with van der Waals surface area (Å²) in [4.78, 5) is 4.29. The highest BCUT2D eigenvalue weighted by Gasteiger charge is 2.51. The van der Waals surface area contributed by atoms with Gasteiger partial charge in [0.15, 0.2) is 0 Å². The number of hydrogen-bond donors (Lipinski definition) is 1. The first-order valence-corrected chi connectivity index (χ1v) is 8.21. The Labute approximate surface area is 143 Å². The van der Waals surface area contributed by atoms with Crippen molar-refractivity contribution in [3.63, 3.8) is 0 Å². The van der Waals surface area contributed by atoms with Gasteiger partial charge in [-0.2, -0.15) is 0 Å². The van der Waals surface area contributed by atoms with Gasteiger partial charge in [0.1, 0.15) is 11.4 Å². The van der Waals surface area contributed by atoms with Crippen molar-refractivity contribution in [2.45, 2.75) is 51.4 Å². The molecule has 128 valence electrons. The summed E-state index contributed by atoms with van der Waals surface area (Å²) in [5.41, 5.74) is -0.339. The van der Waals surface area contributed by atoms with E-state index in [-0.39, 0.29) is 0 Å². The minimum Gasteiger partial charge on any atom is -0.399 e. The van der Waals surface area contributed by atoms with Crippen LogP contribution in [0.2, 0.25) is 0 Å². The molecular formula is C18H25BN2O3. The van der Waals surface area contributed by atoms with E-state index in [1.54, 1.807) is 13.1 Å². The third-order valence-corrected chi connectivity index (χ3v) is 5.23. The fourth-order valence-electron chi connectivity index (χ4n) is 2.93. The lowest BCUT2D eigenvalue weighted by atomic mass is 9.77. The summed E-state index contributed by atoms with van der Waals surface area (Å²) in [6.45, 7) is 9.86. The van der Waals surface area contributed by atoms with Crippen LogP contribution in [-0.2, 0) is 22.0 Å². The summed E-state index contributed by atoms with van der Waals surface area (Å²) >= 11 is 0. The van der Waals surface area contributed by atoms with Crippen molar-refractivity contribution in [3.05, 3.63) is 48.0 Å². The van der Waals surface area contributed by atoms with Crippen LogP contribution in [0.15, 0.2) is 36.7 Å². The van der Waals surface area contributed by atoms with Crippen molar-refractivity contribution in [3.8, 4) is 0 Å². The molecular weight excluding hydrogens is 303 g/mol. The Morgan fingerprint density at radius 3 is 2.33 bits per heavy atom. The van der Waals surface area contributed by atoms with Gasteiger partial charge in [-0.25, -0.2) is 4.98 Å². The van der Waals surface area contributed by atoms with Gasteiger partial charge in [-0.05, 0) is 45.6 Å². The van der Waals surface area contributed by atoms with Crippen LogP contribution in [0, 0.1) is 0 Å². The molecule has 1 aliphatic rings. The van der Waals surface area contributed by atoms with Crippen molar-refractivity contribution in [1.82, 2.24) is 9.55 Å². The Hall–Kier alpha value is -1.63. The molecule has 5 nitrogen and oxygen atoms in total. The molecule has 0 radical (unpaired) electrons. The summed E-state index contributed by atoms with van der Waals surface area (Å²) in [6, 6.07) is 7.69. The first kappa shape index (κ1) is 17.2. The number of aromatic nitrogens is 2. The van der Waals surface area contributed by atoms with Gasteiger partial charge in [-0.1, -0.05) is 24.3 Å². The molecule has 6 heteroatoms. The van der Waals surface area contributed by atoms with Crippen molar-refractivity contribution < 1.29 is 14.4 Å². The summed E-state index contributed by atoms with van der Waals surface area (Å²) in [7, 11) is 1.42. The number of aliphatic hydroxyl groups is 1. The smallest absolute Gasteiger partial charge is 0.399 e.